The Kier molecular flexibility index (Phi) is 7.16. The number of hydrogen-bond donors (Lipinski definition) is 2. The number of halogens is 4. The van der Waals surface area contributed by atoms with Gasteiger partial charge in [0.15, 0.2) is 28.4 Å². The van der Waals surface area contributed by atoms with E-state index in [0.29, 0.717) is 24.6 Å². The first-order valence-corrected chi connectivity index (χ1v) is 15.8. The molecule has 50 heavy (non-hydrogen) atoms. The molecule has 2 aliphatic rings. The molecule has 1 aromatic carbocycles. The van der Waals surface area contributed by atoms with Crippen molar-refractivity contribution in [2.24, 2.45) is 5.92 Å². The van der Waals surface area contributed by atoms with E-state index in [-0.39, 0.29) is 70.3 Å². The summed E-state index contributed by atoms with van der Waals surface area (Å²) in [5.41, 5.74) is -2.90. The van der Waals surface area contributed by atoms with E-state index in [2.05, 4.69) is 25.3 Å². The first-order chi connectivity index (χ1) is 26.0. The van der Waals surface area contributed by atoms with E-state index in [9.17, 15) is 37.1 Å². The van der Waals surface area contributed by atoms with E-state index in [1.807, 2.05) is 0 Å². The molecular weight excluding hydrogens is 660 g/mol. The van der Waals surface area contributed by atoms with E-state index in [4.69, 9.17) is 8.22 Å². The molecule has 12 nitrogen and oxygen atoms in total. The predicted octanol–water partition coefficient (Wildman–Crippen LogP) is 4.74. The van der Waals surface area contributed by atoms with Crippen LogP contribution in [0.3, 0.4) is 0 Å². The van der Waals surface area contributed by atoms with Crippen LogP contribution in [0.5, 0.6) is 5.75 Å². The van der Waals surface area contributed by atoms with Crippen molar-refractivity contribution in [2.75, 3.05) is 30.7 Å². The van der Waals surface area contributed by atoms with Crippen molar-refractivity contribution in [2.45, 2.75) is 71.1 Å². The molecule has 4 aromatic rings. The first-order valence-electron chi connectivity index (χ1n) is 18.8. The van der Waals surface area contributed by atoms with Crippen LogP contribution in [-0.4, -0.2) is 72.9 Å². The zero-order chi connectivity index (χ0) is 41.2. The Morgan fingerprint density at radius 2 is 1.88 bits per heavy atom. The second-order valence-corrected chi connectivity index (χ2v) is 12.4. The maximum Gasteiger partial charge on any atom is 0.416 e. The van der Waals surface area contributed by atoms with Crippen molar-refractivity contribution in [3.05, 3.63) is 74.5 Å². The normalized spacial score (nSPS) is 21.1. The zero-order valence-corrected chi connectivity index (χ0v) is 27.1. The summed E-state index contributed by atoms with van der Waals surface area (Å²) in [4.78, 5) is 60.2. The van der Waals surface area contributed by atoms with Crippen LogP contribution in [-0.2, 0) is 23.9 Å². The minimum atomic E-state index is -4.84. The molecule has 3 atom stereocenters. The third kappa shape index (κ3) is 6.00. The Hall–Kier alpha value is -5.15. The Labute approximate surface area is 292 Å². The molecule has 1 aliphatic heterocycles. The summed E-state index contributed by atoms with van der Waals surface area (Å²) in [7, 11) is 0. The maximum absolute atomic E-state index is 14.8. The highest BCUT2D eigenvalue weighted by molar-refractivity contribution is 5.95. The Bertz CT molecular complexity index is 2290. The molecule has 3 aromatic heterocycles. The number of benzene rings is 1. The van der Waals surface area contributed by atoms with Crippen LogP contribution in [0.2, 0.25) is 0 Å². The fourth-order valence-corrected chi connectivity index (χ4v) is 7.04. The number of carbonyl (C=O) groups excluding carboxylic acids is 2. The van der Waals surface area contributed by atoms with Crippen LogP contribution in [0.4, 0.5) is 29.1 Å². The van der Waals surface area contributed by atoms with Crippen LogP contribution in [0.25, 0.3) is 11.2 Å². The largest absolute Gasteiger partial charge is 0.504 e. The number of likely N-dealkylation sites (tertiary alicyclic amines) is 1. The number of aryl methyl sites for hydroxylation is 2. The summed E-state index contributed by atoms with van der Waals surface area (Å²) in [6.07, 6.45) is -2.22. The summed E-state index contributed by atoms with van der Waals surface area (Å²) >= 11 is 0. The fraction of sp³-hybridized carbons (Fsp3) is 0.441. The van der Waals surface area contributed by atoms with Gasteiger partial charge in [0, 0.05) is 46.0 Å². The van der Waals surface area contributed by atoms with Crippen LogP contribution in [0.15, 0.2) is 29.3 Å². The number of anilines is 2. The molecule has 4 heterocycles. The van der Waals surface area contributed by atoms with E-state index in [1.165, 1.54) is 18.4 Å². The van der Waals surface area contributed by atoms with Gasteiger partial charge in [-0.2, -0.15) is 13.2 Å². The highest BCUT2D eigenvalue weighted by atomic mass is 19.4. The number of carbonyl (C=O) groups is 2. The fourth-order valence-electron chi connectivity index (χ4n) is 7.04. The zero-order valence-electron chi connectivity index (χ0n) is 33.1. The van der Waals surface area contributed by atoms with Crippen LogP contribution < -0.4 is 15.6 Å². The second kappa shape index (κ2) is 12.9. The minimum Gasteiger partial charge on any atom is -0.504 e. The molecule has 1 unspecified atom stereocenters. The highest BCUT2D eigenvalue weighted by Crippen LogP contribution is 2.48. The third-order valence-corrected chi connectivity index (χ3v) is 9.53. The van der Waals surface area contributed by atoms with E-state index in [0.717, 1.165) is 12.4 Å². The smallest absolute Gasteiger partial charge is 0.416 e. The number of piperidine rings is 1. The molecule has 16 heteroatoms. The van der Waals surface area contributed by atoms with Gasteiger partial charge in [-0.15, -0.1) is 0 Å². The SMILES string of the molecule is [2H]C([2H])([2H])N(c1nc2c(=O)c(C3CCN(C(=O)c4ncnc(C)c4O)[C@H]4CC[C@H]34)c(CC)n(CC(=O)Nc3ccc(C(F)(F)F)cc3F)c2nc1C)C([2H])([2H])[2H]. The molecule has 0 spiro atoms. The standard InChI is InChI=1S/C34H36F4N8O4/c1-6-23-26(20-11-12-45(24-10-8-19(20)24)33(50)28-29(48)16(2)39-15-40-28)30(49)27-32(41-17(3)31(43-27)44(4)5)46(23)14-25(47)42-22-9-7-18(13-21(22)35)34(36,37)38/h7,9,13,15,19-20,24,48H,6,8,10-12,14H2,1-5H3,(H,42,47)/t19-,20?,24+/m1/s1/i4D3,5D3. The summed E-state index contributed by atoms with van der Waals surface area (Å²) in [5.74, 6) is -4.66. The van der Waals surface area contributed by atoms with E-state index in [1.54, 1.807) is 11.8 Å². The lowest BCUT2D eigenvalue weighted by atomic mass is 9.64. The average Bonchev–Trinajstić information content (AvgIpc) is 3.07. The van der Waals surface area contributed by atoms with Crippen LogP contribution in [0, 0.1) is 25.6 Å². The molecule has 1 saturated heterocycles. The number of pyridine rings is 1. The van der Waals surface area contributed by atoms with Crippen molar-refractivity contribution in [1.82, 2.24) is 29.4 Å². The molecule has 2 amide bonds. The number of amides is 2. The van der Waals surface area contributed by atoms with Gasteiger partial charge in [-0.25, -0.2) is 24.3 Å². The summed E-state index contributed by atoms with van der Waals surface area (Å²) < 4.78 is 103. The third-order valence-electron chi connectivity index (χ3n) is 9.53. The van der Waals surface area contributed by atoms with Crippen molar-refractivity contribution >= 4 is 34.5 Å². The number of rotatable bonds is 7. The highest BCUT2D eigenvalue weighted by Gasteiger charge is 2.48. The summed E-state index contributed by atoms with van der Waals surface area (Å²) in [6.45, 7) is -2.56. The lowest BCUT2D eigenvalue weighted by molar-refractivity contribution is -0.137. The Morgan fingerprint density at radius 3 is 2.52 bits per heavy atom. The molecule has 0 bridgehead atoms. The monoisotopic (exact) mass is 702 g/mol. The molecule has 0 radical (unpaired) electrons. The topological polar surface area (TPSA) is 146 Å². The lowest BCUT2D eigenvalue weighted by Gasteiger charge is -2.52. The first kappa shape index (κ1) is 27.6. The number of aromatic nitrogens is 5. The van der Waals surface area contributed by atoms with Crippen molar-refractivity contribution in [1.29, 1.82) is 0 Å². The number of aromatic hydroxyl groups is 1. The van der Waals surface area contributed by atoms with Gasteiger partial charge < -0.3 is 24.8 Å². The Balaban J connectivity index is 1.48. The van der Waals surface area contributed by atoms with E-state index >= 15 is 0 Å². The van der Waals surface area contributed by atoms with Crippen LogP contribution >= 0.6 is 0 Å². The van der Waals surface area contributed by atoms with Gasteiger partial charge in [0.25, 0.3) is 5.91 Å². The van der Waals surface area contributed by atoms with Gasteiger partial charge in [0.2, 0.25) is 11.3 Å². The predicted molar refractivity (Wildman–Crippen MR) is 176 cm³/mol. The van der Waals surface area contributed by atoms with Crippen molar-refractivity contribution < 1.29 is 40.5 Å². The number of alkyl halides is 3. The number of fused-ring (bicyclic) bond motifs is 2. The second-order valence-electron chi connectivity index (χ2n) is 12.4. The molecule has 1 aliphatic carbocycles. The lowest BCUT2D eigenvalue weighted by Crippen LogP contribution is -2.56. The summed E-state index contributed by atoms with van der Waals surface area (Å²) in [5, 5.41) is 12.8. The average molecular weight is 703 g/mol. The molecule has 1 saturated carbocycles. The minimum absolute atomic E-state index is 0.0926. The molecule has 264 valence electrons. The van der Waals surface area contributed by atoms with Gasteiger partial charge >= 0.3 is 6.18 Å². The van der Waals surface area contributed by atoms with Crippen molar-refractivity contribution in [3.8, 4) is 5.75 Å². The number of nitrogens with zero attached hydrogens (tertiary/aromatic N) is 7. The number of hydrogen-bond acceptors (Lipinski definition) is 9. The van der Waals surface area contributed by atoms with Gasteiger partial charge in [-0.05, 0) is 69.6 Å². The molecular formula is C34H36F4N8O4. The Morgan fingerprint density at radius 1 is 1.12 bits per heavy atom. The van der Waals surface area contributed by atoms with Crippen molar-refractivity contribution in [3.63, 3.8) is 0 Å². The quantitative estimate of drug-likeness (QED) is 0.261. The molecule has 2 N–H and O–H groups in total. The van der Waals surface area contributed by atoms with Crippen LogP contribution in [0.1, 0.15) is 79.0 Å². The van der Waals surface area contributed by atoms with Gasteiger partial charge in [0.05, 0.1) is 22.6 Å². The van der Waals surface area contributed by atoms with Gasteiger partial charge in [-0.1, -0.05) is 6.92 Å². The maximum atomic E-state index is 14.8. The number of nitrogens with one attached hydrogen (secondary N) is 1. The van der Waals surface area contributed by atoms with Gasteiger partial charge in [-0.3, -0.25) is 14.4 Å². The van der Waals surface area contributed by atoms with Gasteiger partial charge in [0.1, 0.15) is 18.7 Å². The van der Waals surface area contributed by atoms with E-state index < -0.39 is 84.3 Å². The molecule has 6 rings (SSSR count). The summed E-state index contributed by atoms with van der Waals surface area (Å²) in [6, 6.07) is 1.20. The molecule has 2 fully saturated rings.